The lowest BCUT2D eigenvalue weighted by Gasteiger charge is -1.90. The van der Waals surface area contributed by atoms with Crippen LogP contribution in [0.5, 0.6) is 5.88 Å². The molecule has 0 atom stereocenters. The molecular weight excluding hydrogens is 172 g/mol. The number of rotatable bonds is 1. The number of aromatic nitrogens is 1. The van der Waals surface area contributed by atoms with Crippen molar-refractivity contribution in [3.8, 4) is 5.88 Å². The maximum atomic E-state index is 10.6. The molecule has 0 bridgehead atoms. The molecule has 0 unspecified atom stereocenters. The summed E-state index contributed by atoms with van der Waals surface area (Å²) in [5.74, 6) is -0.914. The van der Waals surface area contributed by atoms with E-state index in [4.69, 9.17) is 11.6 Å². The van der Waals surface area contributed by atoms with E-state index in [9.17, 15) is 15.2 Å². The Morgan fingerprint density at radius 2 is 2.18 bits per heavy atom. The van der Waals surface area contributed by atoms with Gasteiger partial charge in [0.05, 0.1) is 4.92 Å². The average Bonchev–Trinajstić information content (AvgIpc) is 1.85. The van der Waals surface area contributed by atoms with E-state index in [0.29, 0.717) is 0 Å². The lowest BCUT2D eigenvalue weighted by molar-refractivity contribution is -0.386. The van der Waals surface area contributed by atoms with E-state index in [-0.39, 0.29) is 5.15 Å². The van der Waals surface area contributed by atoms with Crippen LogP contribution in [0.4, 0.5) is 5.69 Å². The molecule has 1 radical (unpaired) electrons. The maximum absolute atomic E-state index is 10.6. The SMILES string of the molecule is [O]c1nc(Cl)ccc1[N+](=O)[O-]. The van der Waals surface area contributed by atoms with Crippen LogP contribution in [0.2, 0.25) is 5.15 Å². The zero-order valence-corrected chi connectivity index (χ0v) is 5.91. The van der Waals surface area contributed by atoms with Gasteiger partial charge in [0.2, 0.25) is 0 Å². The second-order valence-electron chi connectivity index (χ2n) is 1.72. The summed E-state index contributed by atoms with van der Waals surface area (Å²) in [6.07, 6.45) is 0. The number of nitro groups is 1. The highest BCUT2D eigenvalue weighted by Gasteiger charge is 2.15. The first-order valence-corrected chi connectivity index (χ1v) is 2.97. The van der Waals surface area contributed by atoms with Crippen molar-refractivity contribution in [1.29, 1.82) is 0 Å². The Labute approximate surface area is 66.4 Å². The van der Waals surface area contributed by atoms with E-state index in [1.54, 1.807) is 0 Å². The average molecular weight is 174 g/mol. The normalized spacial score (nSPS) is 9.55. The number of nitrogens with zero attached hydrogens (tertiary/aromatic N) is 2. The molecular formula is C5H2ClN2O3. The lowest BCUT2D eigenvalue weighted by Crippen LogP contribution is -1.89. The molecule has 11 heavy (non-hydrogen) atoms. The van der Waals surface area contributed by atoms with Gasteiger partial charge in [-0.05, 0) is 6.07 Å². The van der Waals surface area contributed by atoms with Crippen molar-refractivity contribution < 1.29 is 10.0 Å². The van der Waals surface area contributed by atoms with Gasteiger partial charge in [0.25, 0.3) is 0 Å². The number of halogens is 1. The van der Waals surface area contributed by atoms with E-state index in [2.05, 4.69) is 4.98 Å². The van der Waals surface area contributed by atoms with Crippen molar-refractivity contribution in [1.82, 2.24) is 4.98 Å². The van der Waals surface area contributed by atoms with Crippen LogP contribution in [0.1, 0.15) is 0 Å². The highest BCUT2D eigenvalue weighted by Crippen LogP contribution is 2.24. The first kappa shape index (κ1) is 7.74. The first-order chi connectivity index (χ1) is 5.11. The fourth-order valence-electron chi connectivity index (χ4n) is 0.549. The van der Waals surface area contributed by atoms with Gasteiger partial charge in [-0.2, -0.15) is 4.98 Å². The molecule has 6 heteroatoms. The molecule has 0 aliphatic carbocycles. The second-order valence-corrected chi connectivity index (χ2v) is 2.10. The van der Waals surface area contributed by atoms with Crippen molar-refractivity contribution in [3.63, 3.8) is 0 Å². The molecule has 1 heterocycles. The molecule has 57 valence electrons. The van der Waals surface area contributed by atoms with Gasteiger partial charge in [-0.15, -0.1) is 0 Å². The lowest BCUT2D eigenvalue weighted by atomic mass is 10.4. The zero-order valence-electron chi connectivity index (χ0n) is 5.15. The van der Waals surface area contributed by atoms with Crippen LogP contribution in [0, 0.1) is 10.1 Å². The Kier molecular flexibility index (Phi) is 1.91. The predicted molar refractivity (Wildman–Crippen MR) is 36.0 cm³/mol. The summed E-state index contributed by atoms with van der Waals surface area (Å²) in [5.41, 5.74) is -0.561. The van der Waals surface area contributed by atoms with E-state index in [0.717, 1.165) is 6.07 Å². The third-order valence-corrected chi connectivity index (χ3v) is 1.21. The van der Waals surface area contributed by atoms with E-state index in [1.807, 2.05) is 0 Å². The Morgan fingerprint density at radius 1 is 1.55 bits per heavy atom. The molecule has 0 spiro atoms. The zero-order chi connectivity index (χ0) is 8.43. The number of hydrogen-bond acceptors (Lipinski definition) is 3. The van der Waals surface area contributed by atoms with Crippen molar-refractivity contribution >= 4 is 17.3 Å². The summed E-state index contributed by atoms with van der Waals surface area (Å²) in [7, 11) is 0. The molecule has 0 aromatic carbocycles. The summed E-state index contributed by atoms with van der Waals surface area (Å²) in [6.45, 7) is 0. The fourth-order valence-corrected chi connectivity index (χ4v) is 0.689. The molecule has 0 N–H and O–H groups in total. The summed E-state index contributed by atoms with van der Waals surface area (Å²) < 4.78 is 0. The Hall–Kier alpha value is -1.36. The molecule has 0 amide bonds. The van der Waals surface area contributed by atoms with E-state index >= 15 is 0 Å². The fraction of sp³-hybridized carbons (Fsp3) is 0. The van der Waals surface area contributed by atoms with Gasteiger partial charge in [-0.25, -0.2) is 0 Å². The van der Waals surface area contributed by atoms with Crippen LogP contribution in [-0.2, 0) is 5.11 Å². The molecule has 0 fully saturated rings. The van der Waals surface area contributed by atoms with Gasteiger partial charge in [-0.1, -0.05) is 11.6 Å². The summed E-state index contributed by atoms with van der Waals surface area (Å²) >= 11 is 5.29. The molecule has 0 saturated carbocycles. The molecule has 0 aliphatic rings. The van der Waals surface area contributed by atoms with Crippen molar-refractivity contribution in [2.45, 2.75) is 0 Å². The van der Waals surface area contributed by atoms with Crippen LogP contribution in [0.3, 0.4) is 0 Å². The van der Waals surface area contributed by atoms with E-state index < -0.39 is 16.5 Å². The minimum atomic E-state index is -0.914. The Morgan fingerprint density at radius 3 is 2.64 bits per heavy atom. The topological polar surface area (TPSA) is 75.9 Å². The number of pyridine rings is 1. The van der Waals surface area contributed by atoms with E-state index in [1.165, 1.54) is 6.07 Å². The monoisotopic (exact) mass is 173 g/mol. The summed E-state index contributed by atoms with van der Waals surface area (Å²) in [4.78, 5) is 12.4. The molecule has 5 nitrogen and oxygen atoms in total. The molecule has 0 saturated heterocycles. The molecule has 1 aromatic heterocycles. The minimum absolute atomic E-state index is 0.0411. The highest BCUT2D eigenvalue weighted by atomic mass is 35.5. The van der Waals surface area contributed by atoms with Gasteiger partial charge >= 0.3 is 11.6 Å². The summed E-state index contributed by atoms with van der Waals surface area (Å²) in [6, 6.07) is 2.22. The Balaban J connectivity index is 3.20. The third kappa shape index (κ3) is 1.56. The smallest absolute Gasteiger partial charge is 0.259 e. The van der Waals surface area contributed by atoms with Gasteiger partial charge in [0.1, 0.15) is 5.15 Å². The van der Waals surface area contributed by atoms with Crippen LogP contribution in [0.25, 0.3) is 0 Å². The van der Waals surface area contributed by atoms with Crippen molar-refractivity contribution in [3.05, 3.63) is 27.4 Å². The minimum Gasteiger partial charge on any atom is -0.259 e. The largest absolute Gasteiger partial charge is 0.349 e. The van der Waals surface area contributed by atoms with Gasteiger partial charge in [0.15, 0.2) is 0 Å². The van der Waals surface area contributed by atoms with Crippen LogP contribution in [-0.4, -0.2) is 9.91 Å². The molecule has 1 rings (SSSR count). The van der Waals surface area contributed by atoms with Crippen LogP contribution < -0.4 is 0 Å². The predicted octanol–water partition coefficient (Wildman–Crippen LogP) is 1.79. The van der Waals surface area contributed by atoms with Crippen molar-refractivity contribution in [2.75, 3.05) is 0 Å². The Bertz CT molecular complexity index is 302. The number of hydrogen-bond donors (Lipinski definition) is 0. The quantitative estimate of drug-likeness (QED) is 0.369. The van der Waals surface area contributed by atoms with Crippen molar-refractivity contribution in [2.24, 2.45) is 0 Å². The standard InChI is InChI=1S/C5H2ClN2O3/c6-4-2-1-3(8(10)11)5(9)7-4/h1-2H. The second kappa shape index (κ2) is 2.71. The van der Waals surface area contributed by atoms with Crippen LogP contribution >= 0.6 is 11.6 Å². The first-order valence-electron chi connectivity index (χ1n) is 2.59. The molecule has 0 aliphatic heterocycles. The molecule has 1 aromatic rings. The third-order valence-electron chi connectivity index (χ3n) is 1.00. The van der Waals surface area contributed by atoms with Crippen LogP contribution in [0.15, 0.2) is 12.1 Å². The van der Waals surface area contributed by atoms with Gasteiger partial charge in [0, 0.05) is 6.07 Å². The van der Waals surface area contributed by atoms with Gasteiger partial charge in [-0.3, -0.25) is 15.2 Å². The van der Waals surface area contributed by atoms with Gasteiger partial charge < -0.3 is 0 Å². The maximum Gasteiger partial charge on any atom is 0.349 e. The summed E-state index contributed by atoms with van der Waals surface area (Å²) in [5, 5.41) is 20.7. The highest BCUT2D eigenvalue weighted by molar-refractivity contribution is 6.29.